The van der Waals surface area contributed by atoms with E-state index in [1.54, 1.807) is 0 Å². The van der Waals surface area contributed by atoms with Gasteiger partial charge in [-0.25, -0.2) is 0 Å². The molecule has 3 rings (SSSR count). The first-order chi connectivity index (χ1) is 9.70. The van der Waals surface area contributed by atoms with Crippen molar-refractivity contribution in [2.45, 2.75) is 33.2 Å². The van der Waals surface area contributed by atoms with Crippen molar-refractivity contribution in [3.8, 4) is 0 Å². The largest absolute Gasteiger partial charge is 0.341 e. The van der Waals surface area contributed by atoms with Crippen LogP contribution in [-0.4, -0.2) is 6.54 Å². The lowest BCUT2D eigenvalue weighted by Crippen LogP contribution is -2.26. The van der Waals surface area contributed by atoms with Crippen LogP contribution in [0.5, 0.6) is 0 Å². The van der Waals surface area contributed by atoms with Gasteiger partial charge in [0.05, 0.1) is 0 Å². The van der Waals surface area contributed by atoms with Crippen molar-refractivity contribution in [1.29, 1.82) is 0 Å². The minimum atomic E-state index is 0.592. The zero-order chi connectivity index (χ0) is 14.1. The molecule has 1 aliphatic rings. The second kappa shape index (κ2) is 5.29. The van der Waals surface area contributed by atoms with Crippen LogP contribution in [0.4, 0.5) is 11.4 Å². The molecule has 2 nitrogen and oxygen atoms in total. The van der Waals surface area contributed by atoms with Gasteiger partial charge >= 0.3 is 0 Å². The third-order valence-corrected chi connectivity index (χ3v) is 4.16. The Morgan fingerprint density at radius 1 is 1.15 bits per heavy atom. The van der Waals surface area contributed by atoms with E-state index in [-0.39, 0.29) is 0 Å². The molecule has 0 amide bonds. The molecule has 0 saturated carbocycles. The van der Waals surface area contributed by atoms with Crippen LogP contribution in [-0.2, 0) is 13.0 Å². The Bertz CT molecular complexity index is 631. The van der Waals surface area contributed by atoms with Gasteiger partial charge in [-0.2, -0.15) is 0 Å². The van der Waals surface area contributed by atoms with Gasteiger partial charge in [-0.1, -0.05) is 35.9 Å². The van der Waals surface area contributed by atoms with E-state index in [2.05, 4.69) is 55.1 Å². The predicted octanol–water partition coefficient (Wildman–Crippen LogP) is 3.85. The number of aryl methyl sites for hydroxylation is 3. The molecule has 0 spiro atoms. The van der Waals surface area contributed by atoms with E-state index in [9.17, 15) is 0 Å². The minimum Gasteiger partial charge on any atom is -0.341 e. The number of benzene rings is 2. The topological polar surface area (TPSA) is 29.3 Å². The molecule has 20 heavy (non-hydrogen) atoms. The number of rotatable bonds is 2. The Balaban J connectivity index is 2.14. The molecular weight excluding hydrogens is 244 g/mol. The second-order valence-electron chi connectivity index (χ2n) is 5.67. The molecule has 0 atom stereocenters. The Morgan fingerprint density at radius 3 is 2.80 bits per heavy atom. The first-order valence-electron chi connectivity index (χ1n) is 7.36. The van der Waals surface area contributed by atoms with Crippen LogP contribution in [0.15, 0.2) is 36.4 Å². The number of hydrogen-bond acceptors (Lipinski definition) is 2. The molecule has 1 aliphatic heterocycles. The fraction of sp³-hybridized carbons (Fsp3) is 0.333. The van der Waals surface area contributed by atoms with Crippen molar-refractivity contribution in [2.75, 3.05) is 11.4 Å². The van der Waals surface area contributed by atoms with Crippen LogP contribution in [0.1, 0.15) is 28.7 Å². The average molecular weight is 266 g/mol. The highest BCUT2D eigenvalue weighted by Gasteiger charge is 2.21. The standard InChI is InChI=1S/C18H22N2/c1-13-8-9-17-15(11-13)7-4-10-20(17)18-14(2)5-3-6-16(18)12-19/h3,5-6,8-9,11H,4,7,10,12,19H2,1-2H3. The summed E-state index contributed by atoms with van der Waals surface area (Å²) >= 11 is 0. The van der Waals surface area contributed by atoms with Crippen LogP contribution in [0.3, 0.4) is 0 Å². The van der Waals surface area contributed by atoms with E-state index >= 15 is 0 Å². The summed E-state index contributed by atoms with van der Waals surface area (Å²) in [5.74, 6) is 0. The SMILES string of the molecule is Cc1ccc2c(c1)CCCN2c1c(C)cccc1CN. The van der Waals surface area contributed by atoms with E-state index in [0.29, 0.717) is 6.54 Å². The summed E-state index contributed by atoms with van der Waals surface area (Å²) in [7, 11) is 0. The van der Waals surface area contributed by atoms with Crippen LogP contribution >= 0.6 is 0 Å². The Morgan fingerprint density at radius 2 is 2.00 bits per heavy atom. The van der Waals surface area contributed by atoms with Gasteiger partial charge < -0.3 is 10.6 Å². The Hall–Kier alpha value is -1.80. The molecule has 0 fully saturated rings. The second-order valence-corrected chi connectivity index (χ2v) is 5.67. The Kier molecular flexibility index (Phi) is 3.49. The number of fused-ring (bicyclic) bond motifs is 1. The normalized spacial score (nSPS) is 14.2. The maximum absolute atomic E-state index is 5.94. The summed E-state index contributed by atoms with van der Waals surface area (Å²) in [6, 6.07) is 13.2. The quantitative estimate of drug-likeness (QED) is 0.894. The fourth-order valence-electron chi connectivity index (χ4n) is 3.23. The maximum Gasteiger partial charge on any atom is 0.0486 e. The molecule has 0 saturated heterocycles. The number of anilines is 2. The highest BCUT2D eigenvalue weighted by Crippen LogP contribution is 2.37. The number of hydrogen-bond donors (Lipinski definition) is 1. The van der Waals surface area contributed by atoms with Crippen LogP contribution in [0.25, 0.3) is 0 Å². The molecule has 0 radical (unpaired) electrons. The number of para-hydroxylation sites is 1. The minimum absolute atomic E-state index is 0.592. The fourth-order valence-corrected chi connectivity index (χ4v) is 3.23. The highest BCUT2D eigenvalue weighted by molar-refractivity contribution is 5.73. The monoisotopic (exact) mass is 266 g/mol. The van der Waals surface area contributed by atoms with Crippen LogP contribution in [0.2, 0.25) is 0 Å². The maximum atomic E-state index is 5.94. The van der Waals surface area contributed by atoms with Crippen LogP contribution in [0, 0.1) is 13.8 Å². The lowest BCUT2D eigenvalue weighted by molar-refractivity contribution is 0.761. The molecule has 2 N–H and O–H groups in total. The van der Waals surface area contributed by atoms with E-state index in [4.69, 9.17) is 5.73 Å². The van der Waals surface area contributed by atoms with Gasteiger partial charge in [0.25, 0.3) is 0 Å². The summed E-state index contributed by atoms with van der Waals surface area (Å²) in [6.07, 6.45) is 2.38. The lowest BCUT2D eigenvalue weighted by Gasteiger charge is -2.34. The van der Waals surface area contributed by atoms with Gasteiger partial charge in [0.1, 0.15) is 0 Å². The summed E-state index contributed by atoms with van der Waals surface area (Å²) in [4.78, 5) is 2.45. The van der Waals surface area contributed by atoms with Gasteiger partial charge in [-0.3, -0.25) is 0 Å². The molecule has 104 valence electrons. The van der Waals surface area contributed by atoms with Gasteiger partial charge in [0, 0.05) is 24.5 Å². The predicted molar refractivity (Wildman–Crippen MR) is 85.6 cm³/mol. The van der Waals surface area contributed by atoms with Gasteiger partial charge in [0.15, 0.2) is 0 Å². The number of nitrogens with two attached hydrogens (primary N) is 1. The number of nitrogens with zero attached hydrogens (tertiary/aromatic N) is 1. The van der Waals surface area contributed by atoms with E-state index < -0.39 is 0 Å². The van der Waals surface area contributed by atoms with E-state index in [0.717, 1.165) is 6.54 Å². The molecule has 0 aliphatic carbocycles. The van der Waals surface area contributed by atoms with Crippen molar-refractivity contribution < 1.29 is 0 Å². The van der Waals surface area contributed by atoms with E-state index in [1.807, 2.05) is 0 Å². The Labute approximate surface area is 121 Å². The smallest absolute Gasteiger partial charge is 0.0486 e. The average Bonchev–Trinajstić information content (AvgIpc) is 2.46. The van der Waals surface area contributed by atoms with Gasteiger partial charge in [0.2, 0.25) is 0 Å². The third kappa shape index (κ3) is 2.20. The van der Waals surface area contributed by atoms with Crippen molar-refractivity contribution in [3.05, 3.63) is 58.7 Å². The first-order valence-corrected chi connectivity index (χ1v) is 7.36. The summed E-state index contributed by atoms with van der Waals surface area (Å²) in [6.45, 7) is 6.01. The summed E-state index contributed by atoms with van der Waals surface area (Å²) in [5.41, 5.74) is 13.9. The molecule has 2 aromatic carbocycles. The lowest BCUT2D eigenvalue weighted by atomic mass is 9.97. The van der Waals surface area contributed by atoms with Gasteiger partial charge in [-0.05, 0) is 49.4 Å². The van der Waals surface area contributed by atoms with Crippen molar-refractivity contribution in [3.63, 3.8) is 0 Å². The molecular formula is C18H22N2. The van der Waals surface area contributed by atoms with Gasteiger partial charge in [-0.15, -0.1) is 0 Å². The van der Waals surface area contributed by atoms with Crippen molar-refractivity contribution in [1.82, 2.24) is 0 Å². The highest BCUT2D eigenvalue weighted by atomic mass is 15.1. The van der Waals surface area contributed by atoms with Crippen LogP contribution < -0.4 is 10.6 Å². The van der Waals surface area contributed by atoms with E-state index in [1.165, 1.54) is 46.5 Å². The zero-order valence-electron chi connectivity index (χ0n) is 12.3. The first kappa shape index (κ1) is 13.2. The summed E-state index contributed by atoms with van der Waals surface area (Å²) < 4.78 is 0. The molecule has 2 heteroatoms. The summed E-state index contributed by atoms with van der Waals surface area (Å²) in [5, 5.41) is 0. The molecule has 0 bridgehead atoms. The van der Waals surface area contributed by atoms with Crippen molar-refractivity contribution in [2.24, 2.45) is 5.73 Å². The molecule has 0 aromatic heterocycles. The zero-order valence-corrected chi connectivity index (χ0v) is 12.3. The third-order valence-electron chi connectivity index (χ3n) is 4.16. The molecule has 0 unspecified atom stereocenters. The molecule has 2 aromatic rings. The van der Waals surface area contributed by atoms with Crippen molar-refractivity contribution >= 4 is 11.4 Å². The molecule has 1 heterocycles.